The Morgan fingerprint density at radius 2 is 2.00 bits per heavy atom. The lowest BCUT2D eigenvalue weighted by atomic mass is 9.87. The Morgan fingerprint density at radius 1 is 1.24 bits per heavy atom. The highest BCUT2D eigenvalue weighted by Gasteiger charge is 2.25. The van der Waals surface area contributed by atoms with Crippen molar-refractivity contribution in [3.8, 4) is 0 Å². The van der Waals surface area contributed by atoms with Crippen molar-refractivity contribution in [1.82, 2.24) is 10.1 Å². The zero-order valence-corrected chi connectivity index (χ0v) is 13.9. The summed E-state index contributed by atoms with van der Waals surface area (Å²) in [6, 6.07) is 8.11. The van der Waals surface area contributed by atoms with Gasteiger partial charge in [-0.1, -0.05) is 17.3 Å². The number of hydrogen-bond acceptors (Lipinski definition) is 5. The van der Waals surface area contributed by atoms with Crippen LogP contribution in [-0.2, 0) is 5.75 Å². The minimum absolute atomic E-state index is 0.158. The molecule has 0 saturated heterocycles. The first-order valence-corrected chi connectivity index (χ1v) is 8.88. The van der Waals surface area contributed by atoms with Crippen molar-refractivity contribution in [2.45, 2.75) is 48.4 Å². The summed E-state index contributed by atoms with van der Waals surface area (Å²) in [4.78, 5) is 5.68. The Hall–Kier alpha value is -0.850. The normalized spacial score (nSPS) is 22.4. The SMILES string of the molecule is OC1CCC(c2nc(CSc3ccccc3Br)no2)CC1. The van der Waals surface area contributed by atoms with Crippen molar-refractivity contribution >= 4 is 27.7 Å². The summed E-state index contributed by atoms with van der Waals surface area (Å²) in [7, 11) is 0. The summed E-state index contributed by atoms with van der Waals surface area (Å²) in [5, 5.41) is 13.6. The number of nitrogens with zero attached hydrogens (tertiary/aromatic N) is 2. The summed E-state index contributed by atoms with van der Waals surface area (Å²) >= 11 is 5.22. The summed E-state index contributed by atoms with van der Waals surface area (Å²) in [6.45, 7) is 0. The number of aliphatic hydroxyl groups excluding tert-OH is 1. The Kier molecular flexibility index (Phi) is 4.98. The lowest BCUT2D eigenvalue weighted by Gasteiger charge is -2.22. The molecule has 0 atom stereocenters. The molecule has 0 unspecified atom stereocenters. The molecule has 4 nitrogen and oxygen atoms in total. The van der Waals surface area contributed by atoms with Crippen LogP contribution in [0.4, 0.5) is 0 Å². The lowest BCUT2D eigenvalue weighted by Crippen LogP contribution is -2.17. The van der Waals surface area contributed by atoms with Crippen molar-refractivity contribution in [1.29, 1.82) is 0 Å². The molecule has 1 aromatic heterocycles. The van der Waals surface area contributed by atoms with Gasteiger partial charge in [-0.2, -0.15) is 4.98 Å². The molecular formula is C15H17BrN2O2S. The van der Waals surface area contributed by atoms with Gasteiger partial charge in [-0.15, -0.1) is 11.8 Å². The molecule has 0 radical (unpaired) electrons. The molecule has 2 aromatic rings. The average Bonchev–Trinajstić information content (AvgIpc) is 2.96. The number of rotatable bonds is 4. The van der Waals surface area contributed by atoms with Crippen LogP contribution in [-0.4, -0.2) is 21.4 Å². The van der Waals surface area contributed by atoms with Crippen LogP contribution in [0.15, 0.2) is 38.2 Å². The molecule has 1 aromatic carbocycles. The predicted octanol–water partition coefficient (Wildman–Crippen LogP) is 4.14. The van der Waals surface area contributed by atoms with Gasteiger partial charge in [-0.3, -0.25) is 0 Å². The van der Waals surface area contributed by atoms with Crippen LogP contribution in [0.3, 0.4) is 0 Å². The van der Waals surface area contributed by atoms with E-state index < -0.39 is 0 Å². The molecule has 1 heterocycles. The zero-order valence-electron chi connectivity index (χ0n) is 11.5. The molecule has 3 rings (SSSR count). The Balaban J connectivity index is 1.59. The number of thioether (sulfide) groups is 1. The molecule has 1 aliphatic rings. The van der Waals surface area contributed by atoms with Gasteiger partial charge in [0.2, 0.25) is 5.89 Å². The van der Waals surface area contributed by atoms with Crippen LogP contribution >= 0.6 is 27.7 Å². The molecule has 6 heteroatoms. The van der Waals surface area contributed by atoms with Crippen LogP contribution in [0.1, 0.15) is 43.3 Å². The van der Waals surface area contributed by atoms with Gasteiger partial charge in [-0.05, 0) is 53.7 Å². The number of benzene rings is 1. The van der Waals surface area contributed by atoms with E-state index in [0.717, 1.165) is 41.9 Å². The van der Waals surface area contributed by atoms with Gasteiger partial charge < -0.3 is 9.63 Å². The van der Waals surface area contributed by atoms with E-state index in [0.29, 0.717) is 11.7 Å². The van der Waals surface area contributed by atoms with Crippen LogP contribution < -0.4 is 0 Å². The second kappa shape index (κ2) is 6.94. The van der Waals surface area contributed by atoms with Crippen LogP contribution in [0.25, 0.3) is 0 Å². The van der Waals surface area contributed by atoms with Gasteiger partial charge in [0.25, 0.3) is 0 Å². The van der Waals surface area contributed by atoms with Gasteiger partial charge in [-0.25, -0.2) is 0 Å². The van der Waals surface area contributed by atoms with E-state index in [2.05, 4.69) is 32.1 Å². The number of hydrogen-bond donors (Lipinski definition) is 1. The lowest BCUT2D eigenvalue weighted by molar-refractivity contribution is 0.116. The fraction of sp³-hybridized carbons (Fsp3) is 0.467. The first-order valence-electron chi connectivity index (χ1n) is 7.10. The molecule has 0 aliphatic heterocycles. The zero-order chi connectivity index (χ0) is 14.7. The Bertz CT molecular complexity index is 597. The second-order valence-electron chi connectivity index (χ2n) is 5.27. The Morgan fingerprint density at radius 3 is 2.76 bits per heavy atom. The number of aliphatic hydroxyl groups is 1. The van der Waals surface area contributed by atoms with Crippen molar-refractivity contribution in [3.05, 3.63) is 40.5 Å². The van der Waals surface area contributed by atoms with Gasteiger partial charge in [0.05, 0.1) is 11.9 Å². The van der Waals surface area contributed by atoms with E-state index in [1.54, 1.807) is 11.8 Å². The molecule has 112 valence electrons. The largest absolute Gasteiger partial charge is 0.393 e. The standard InChI is InChI=1S/C15H17BrN2O2S/c16-12-3-1-2-4-13(12)21-9-14-17-15(20-18-14)10-5-7-11(19)8-6-10/h1-4,10-11,19H,5-9H2. The van der Waals surface area contributed by atoms with E-state index in [-0.39, 0.29) is 6.10 Å². The highest BCUT2D eigenvalue weighted by molar-refractivity contribution is 9.10. The maximum atomic E-state index is 9.54. The van der Waals surface area contributed by atoms with E-state index in [1.165, 1.54) is 4.90 Å². The molecule has 1 saturated carbocycles. The predicted molar refractivity (Wildman–Crippen MR) is 85.2 cm³/mol. The summed E-state index contributed by atoms with van der Waals surface area (Å²) in [5.41, 5.74) is 0. The molecule has 0 spiro atoms. The van der Waals surface area contributed by atoms with E-state index in [1.807, 2.05) is 18.2 Å². The average molecular weight is 369 g/mol. The molecule has 0 amide bonds. The van der Waals surface area contributed by atoms with E-state index in [4.69, 9.17) is 4.52 Å². The van der Waals surface area contributed by atoms with Gasteiger partial charge >= 0.3 is 0 Å². The number of aromatic nitrogens is 2. The molecule has 1 fully saturated rings. The van der Waals surface area contributed by atoms with Gasteiger partial charge in [0.15, 0.2) is 5.82 Å². The second-order valence-corrected chi connectivity index (χ2v) is 7.14. The van der Waals surface area contributed by atoms with Crippen molar-refractivity contribution in [2.24, 2.45) is 0 Å². The third-order valence-corrected chi connectivity index (χ3v) is 5.75. The summed E-state index contributed by atoms with van der Waals surface area (Å²) < 4.78 is 6.47. The monoisotopic (exact) mass is 368 g/mol. The maximum Gasteiger partial charge on any atom is 0.229 e. The fourth-order valence-electron chi connectivity index (χ4n) is 2.52. The summed E-state index contributed by atoms with van der Waals surface area (Å²) in [5.74, 6) is 2.46. The topological polar surface area (TPSA) is 59.2 Å². The minimum atomic E-state index is -0.158. The van der Waals surface area contributed by atoms with Gasteiger partial charge in [0, 0.05) is 15.3 Å². The molecule has 1 aliphatic carbocycles. The molecular weight excluding hydrogens is 352 g/mol. The van der Waals surface area contributed by atoms with Crippen LogP contribution in [0.5, 0.6) is 0 Å². The summed E-state index contributed by atoms with van der Waals surface area (Å²) in [6.07, 6.45) is 3.36. The Labute approximate surface area is 136 Å². The van der Waals surface area contributed by atoms with Crippen molar-refractivity contribution < 1.29 is 9.63 Å². The minimum Gasteiger partial charge on any atom is -0.393 e. The highest BCUT2D eigenvalue weighted by atomic mass is 79.9. The fourth-order valence-corrected chi connectivity index (χ4v) is 3.93. The maximum absolute atomic E-state index is 9.54. The van der Waals surface area contributed by atoms with Crippen LogP contribution in [0, 0.1) is 0 Å². The third-order valence-electron chi connectivity index (χ3n) is 3.72. The number of halogens is 1. The molecule has 21 heavy (non-hydrogen) atoms. The van der Waals surface area contributed by atoms with E-state index in [9.17, 15) is 5.11 Å². The quantitative estimate of drug-likeness (QED) is 0.821. The smallest absolute Gasteiger partial charge is 0.229 e. The molecule has 0 bridgehead atoms. The third kappa shape index (κ3) is 3.87. The van der Waals surface area contributed by atoms with Crippen LogP contribution in [0.2, 0.25) is 0 Å². The first-order chi connectivity index (χ1) is 10.2. The van der Waals surface area contributed by atoms with E-state index >= 15 is 0 Å². The highest BCUT2D eigenvalue weighted by Crippen LogP contribution is 2.33. The van der Waals surface area contributed by atoms with Crippen molar-refractivity contribution in [2.75, 3.05) is 0 Å². The van der Waals surface area contributed by atoms with Crippen molar-refractivity contribution in [3.63, 3.8) is 0 Å². The first kappa shape index (κ1) is 15.1. The van der Waals surface area contributed by atoms with Gasteiger partial charge in [0.1, 0.15) is 0 Å². The molecule has 1 N–H and O–H groups in total.